The van der Waals surface area contributed by atoms with Crippen molar-refractivity contribution in [1.29, 1.82) is 0 Å². The summed E-state index contributed by atoms with van der Waals surface area (Å²) < 4.78 is 0. The van der Waals surface area contributed by atoms with Crippen LogP contribution in [0.25, 0.3) is 0 Å². The normalized spacial score (nSPS) is 39.0. The Morgan fingerprint density at radius 2 is 1.52 bits per heavy atom. The van der Waals surface area contributed by atoms with Crippen LogP contribution in [0.1, 0.15) is 18.4 Å². The second-order valence-electron chi connectivity index (χ2n) is 5.79. The van der Waals surface area contributed by atoms with Crippen molar-refractivity contribution in [3.8, 4) is 0 Å². The van der Waals surface area contributed by atoms with Crippen LogP contribution in [0.3, 0.4) is 0 Å². The van der Waals surface area contributed by atoms with Crippen LogP contribution < -0.4 is 0 Å². The van der Waals surface area contributed by atoms with Gasteiger partial charge in [0.05, 0.1) is 4.92 Å². The molecule has 1 aromatic carbocycles. The summed E-state index contributed by atoms with van der Waals surface area (Å²) in [6, 6.07) is 5.42. The molecule has 1 fully saturated rings. The largest absolute Gasteiger partial charge is 0.387 e. The second-order valence-corrected chi connectivity index (χ2v) is 5.79. The average molecular weight is 329 g/mol. The molecule has 23 heavy (non-hydrogen) atoms. The summed E-state index contributed by atoms with van der Waals surface area (Å²) in [5, 5.41) is 71.2. The van der Waals surface area contributed by atoms with Crippen LogP contribution in [0.2, 0.25) is 0 Å². The van der Waals surface area contributed by atoms with E-state index in [4.69, 9.17) is 0 Å². The Hall–Kier alpha value is -1.62. The van der Waals surface area contributed by atoms with Gasteiger partial charge in [-0.3, -0.25) is 10.1 Å². The van der Waals surface area contributed by atoms with Gasteiger partial charge < -0.3 is 30.6 Å². The first-order valence-electron chi connectivity index (χ1n) is 7.00. The summed E-state index contributed by atoms with van der Waals surface area (Å²) in [6.45, 7) is 1.31. The third-order valence-electron chi connectivity index (χ3n) is 4.59. The molecule has 128 valence electrons. The van der Waals surface area contributed by atoms with E-state index in [1.165, 1.54) is 31.2 Å². The summed E-state index contributed by atoms with van der Waals surface area (Å²) in [7, 11) is 0. The summed E-state index contributed by atoms with van der Waals surface area (Å²) in [5.74, 6) is -1.22. The van der Waals surface area contributed by atoms with E-state index in [-0.39, 0.29) is 11.3 Å². The third kappa shape index (κ3) is 2.61. The number of para-hydroxylation sites is 1. The van der Waals surface area contributed by atoms with Gasteiger partial charge in [-0.15, -0.1) is 0 Å². The fourth-order valence-electron chi connectivity index (χ4n) is 3.08. The lowest BCUT2D eigenvalue weighted by atomic mass is 9.67. The van der Waals surface area contributed by atoms with Crippen LogP contribution in [-0.2, 0) is 0 Å². The molecular weight excluding hydrogens is 310 g/mol. The van der Waals surface area contributed by atoms with Gasteiger partial charge in [0.15, 0.2) is 0 Å². The van der Waals surface area contributed by atoms with Crippen molar-refractivity contribution in [3.05, 3.63) is 39.9 Å². The van der Waals surface area contributed by atoms with E-state index >= 15 is 0 Å². The number of aliphatic hydroxyl groups excluding tert-OH is 5. The quantitative estimate of drug-likeness (QED) is 0.280. The molecule has 1 aliphatic rings. The minimum atomic E-state index is -2.50. The second kappa shape index (κ2) is 6.11. The Bertz CT molecular complexity index is 578. The highest BCUT2D eigenvalue weighted by atomic mass is 16.6. The molecule has 3 unspecified atom stereocenters. The van der Waals surface area contributed by atoms with E-state index in [1.54, 1.807) is 0 Å². The first-order valence-corrected chi connectivity index (χ1v) is 7.00. The van der Waals surface area contributed by atoms with Crippen molar-refractivity contribution in [3.63, 3.8) is 0 Å². The molecule has 7 atom stereocenters. The van der Waals surface area contributed by atoms with E-state index in [0.717, 1.165) is 0 Å². The highest BCUT2D eigenvalue weighted by molar-refractivity contribution is 5.44. The molecule has 0 saturated heterocycles. The van der Waals surface area contributed by atoms with Crippen molar-refractivity contribution >= 4 is 5.69 Å². The van der Waals surface area contributed by atoms with Crippen molar-refractivity contribution in [2.24, 2.45) is 0 Å². The number of rotatable bonds is 3. The topological polar surface area (TPSA) is 165 Å². The van der Waals surface area contributed by atoms with E-state index < -0.39 is 47.0 Å². The molecule has 6 N–H and O–H groups in total. The molecule has 0 spiro atoms. The lowest BCUT2D eigenvalue weighted by molar-refractivity contribution is -0.386. The van der Waals surface area contributed by atoms with E-state index in [9.17, 15) is 40.8 Å². The van der Waals surface area contributed by atoms with Gasteiger partial charge in [-0.25, -0.2) is 0 Å². The molecule has 2 rings (SSSR count). The Morgan fingerprint density at radius 3 is 2.00 bits per heavy atom. The summed E-state index contributed by atoms with van der Waals surface area (Å²) in [6.07, 6.45) is -9.76. The number of nitro groups is 1. The molecule has 0 aliphatic heterocycles. The van der Waals surface area contributed by atoms with Gasteiger partial charge in [0.25, 0.3) is 5.69 Å². The van der Waals surface area contributed by atoms with Gasteiger partial charge in [-0.05, 0) is 0 Å². The Labute approximate surface area is 131 Å². The molecule has 0 radical (unpaired) electrons. The molecule has 0 amide bonds. The number of benzene rings is 1. The SMILES string of the molecule is CC(c1ccccc1[N+](=O)[O-])C1(O)[C@H](O)[C@H](O)C(O)[C@H](O)[C@H]1O. The van der Waals surface area contributed by atoms with Gasteiger partial charge in [-0.2, -0.15) is 0 Å². The standard InChI is InChI=1S/C14H19NO8/c1-6(7-4-2-3-5-8(7)15(22)23)14(21)12(19)10(17)9(16)11(18)13(14)20/h2-6,9-13,16-21H,1H3/t6?,9?,10-,11+,12-,13-,14?/m1/s1. The lowest BCUT2D eigenvalue weighted by Gasteiger charge is -2.50. The smallest absolute Gasteiger partial charge is 0.272 e. The summed E-state index contributed by atoms with van der Waals surface area (Å²) in [5.41, 5.74) is -2.83. The zero-order valence-electron chi connectivity index (χ0n) is 12.2. The molecule has 9 heteroatoms. The molecule has 1 aromatic rings. The minimum absolute atomic E-state index is 0.00823. The average Bonchev–Trinajstić information content (AvgIpc) is 2.55. The Balaban J connectivity index is 2.52. The number of nitro benzene ring substituents is 1. The molecule has 0 aromatic heterocycles. The maximum Gasteiger partial charge on any atom is 0.272 e. The van der Waals surface area contributed by atoms with Crippen molar-refractivity contribution < 1.29 is 35.6 Å². The number of hydrogen-bond donors (Lipinski definition) is 6. The zero-order chi connectivity index (χ0) is 17.5. The van der Waals surface area contributed by atoms with E-state index in [1.807, 2.05) is 0 Å². The van der Waals surface area contributed by atoms with Crippen LogP contribution in [-0.4, -0.2) is 71.7 Å². The number of aliphatic hydroxyl groups is 6. The first kappa shape index (κ1) is 17.7. The van der Waals surface area contributed by atoms with Crippen LogP contribution in [0.5, 0.6) is 0 Å². The number of nitrogens with zero attached hydrogens (tertiary/aromatic N) is 1. The zero-order valence-corrected chi connectivity index (χ0v) is 12.2. The van der Waals surface area contributed by atoms with Gasteiger partial charge in [0.1, 0.15) is 36.1 Å². The lowest BCUT2D eigenvalue weighted by Crippen LogP contribution is -2.72. The highest BCUT2D eigenvalue weighted by Gasteiger charge is 2.60. The minimum Gasteiger partial charge on any atom is -0.387 e. The van der Waals surface area contributed by atoms with Crippen molar-refractivity contribution in [1.82, 2.24) is 0 Å². The third-order valence-corrected chi connectivity index (χ3v) is 4.59. The maximum atomic E-state index is 11.1. The van der Waals surface area contributed by atoms with Crippen LogP contribution in [0.15, 0.2) is 24.3 Å². The molecular formula is C14H19NO8. The molecule has 0 bridgehead atoms. The number of hydrogen-bond acceptors (Lipinski definition) is 8. The molecule has 9 nitrogen and oxygen atoms in total. The fourth-order valence-corrected chi connectivity index (χ4v) is 3.08. The van der Waals surface area contributed by atoms with E-state index in [0.29, 0.717) is 0 Å². The monoisotopic (exact) mass is 329 g/mol. The van der Waals surface area contributed by atoms with Crippen molar-refractivity contribution in [2.45, 2.75) is 49.0 Å². The van der Waals surface area contributed by atoms with Gasteiger partial charge in [0.2, 0.25) is 0 Å². The molecule has 1 aliphatic carbocycles. The van der Waals surface area contributed by atoms with Crippen LogP contribution in [0, 0.1) is 10.1 Å². The van der Waals surface area contributed by atoms with Crippen LogP contribution in [0.4, 0.5) is 5.69 Å². The summed E-state index contributed by atoms with van der Waals surface area (Å²) >= 11 is 0. The van der Waals surface area contributed by atoms with Crippen molar-refractivity contribution in [2.75, 3.05) is 0 Å². The Kier molecular flexibility index (Phi) is 4.71. The first-order chi connectivity index (χ1) is 10.6. The fraction of sp³-hybridized carbons (Fsp3) is 0.571. The van der Waals surface area contributed by atoms with Crippen LogP contribution >= 0.6 is 0 Å². The summed E-state index contributed by atoms with van der Waals surface area (Å²) in [4.78, 5) is 10.4. The molecule has 1 saturated carbocycles. The Morgan fingerprint density at radius 1 is 1.04 bits per heavy atom. The highest BCUT2D eigenvalue weighted by Crippen LogP contribution is 2.42. The van der Waals surface area contributed by atoms with Gasteiger partial charge in [0, 0.05) is 17.5 Å². The van der Waals surface area contributed by atoms with Gasteiger partial charge >= 0.3 is 0 Å². The van der Waals surface area contributed by atoms with Gasteiger partial charge in [-0.1, -0.05) is 25.1 Å². The maximum absolute atomic E-state index is 11.1. The van der Waals surface area contributed by atoms with E-state index in [2.05, 4.69) is 0 Å². The predicted octanol–water partition coefficient (Wildman–Crippen LogP) is -1.75. The predicted molar refractivity (Wildman–Crippen MR) is 76.5 cm³/mol. The molecule has 0 heterocycles.